The monoisotopic (exact) mass is 263 g/mol. The second kappa shape index (κ2) is 5.44. The Balaban J connectivity index is 2.20. The number of aryl methyl sites for hydroxylation is 1. The van der Waals surface area contributed by atoms with E-state index in [9.17, 15) is 4.39 Å². The summed E-state index contributed by atoms with van der Waals surface area (Å²) in [6.45, 7) is 4.75. The molecule has 0 aromatic carbocycles. The lowest BCUT2D eigenvalue weighted by Crippen LogP contribution is -2.37. The average Bonchev–Trinajstić information content (AvgIpc) is 2.77. The fraction of sp³-hybridized carbons (Fsp3) is 0.462. The third-order valence-electron chi connectivity index (χ3n) is 2.97. The highest BCUT2D eigenvalue weighted by Crippen LogP contribution is 2.20. The number of hydrogen-bond acceptors (Lipinski definition) is 4. The molecule has 0 amide bonds. The molecule has 0 saturated heterocycles. The number of hydrogen-bond donors (Lipinski definition) is 1. The minimum Gasteiger partial charge on any atom is -0.320 e. The molecular weight excluding hydrogens is 245 g/mol. The molecule has 1 atom stereocenters. The minimum atomic E-state index is -0.702. The van der Waals surface area contributed by atoms with Crippen LogP contribution in [-0.4, -0.2) is 19.7 Å². The van der Waals surface area contributed by atoms with E-state index in [1.54, 1.807) is 6.07 Å². The van der Waals surface area contributed by atoms with Crippen LogP contribution in [0.2, 0.25) is 0 Å². The third kappa shape index (κ3) is 3.14. The first-order valence-corrected chi connectivity index (χ1v) is 6.30. The summed E-state index contributed by atoms with van der Waals surface area (Å²) in [5.41, 5.74) is 6.22. The molecule has 2 heterocycles. The summed E-state index contributed by atoms with van der Waals surface area (Å²) in [6.07, 6.45) is 4.19. The van der Waals surface area contributed by atoms with Crippen molar-refractivity contribution < 1.29 is 4.39 Å². The van der Waals surface area contributed by atoms with Gasteiger partial charge in [-0.2, -0.15) is 5.10 Å². The van der Waals surface area contributed by atoms with Gasteiger partial charge < -0.3 is 5.73 Å². The van der Waals surface area contributed by atoms with E-state index in [4.69, 9.17) is 5.73 Å². The molecule has 0 bridgehead atoms. The van der Waals surface area contributed by atoms with E-state index < -0.39 is 5.54 Å². The summed E-state index contributed by atoms with van der Waals surface area (Å²) in [5.74, 6) is 0.451. The lowest BCUT2D eigenvalue weighted by atomic mass is 9.94. The molecule has 0 aliphatic carbocycles. The fourth-order valence-electron chi connectivity index (χ4n) is 1.96. The Labute approximate surface area is 111 Å². The molecule has 2 rings (SSSR count). The summed E-state index contributed by atoms with van der Waals surface area (Å²) in [6, 6.07) is 2.97. The highest BCUT2D eigenvalue weighted by atomic mass is 19.1. The summed E-state index contributed by atoms with van der Waals surface area (Å²) in [7, 11) is 0. The molecule has 0 saturated carbocycles. The van der Waals surface area contributed by atoms with E-state index in [0.29, 0.717) is 12.1 Å². The van der Waals surface area contributed by atoms with Gasteiger partial charge in [0.25, 0.3) is 0 Å². The second-order valence-electron chi connectivity index (χ2n) is 4.86. The molecule has 102 valence electrons. The zero-order valence-electron chi connectivity index (χ0n) is 11.2. The van der Waals surface area contributed by atoms with E-state index in [1.807, 2.05) is 11.6 Å². The molecule has 0 aliphatic rings. The van der Waals surface area contributed by atoms with Gasteiger partial charge in [-0.1, -0.05) is 6.92 Å². The molecule has 6 heteroatoms. The van der Waals surface area contributed by atoms with Crippen molar-refractivity contribution in [2.75, 3.05) is 0 Å². The molecule has 0 spiro atoms. The highest BCUT2D eigenvalue weighted by molar-refractivity contribution is 5.16. The first-order chi connectivity index (χ1) is 9.03. The van der Waals surface area contributed by atoms with Crippen LogP contribution in [0.3, 0.4) is 0 Å². The Kier molecular flexibility index (Phi) is 3.90. The predicted octanol–water partition coefficient (Wildman–Crippen LogP) is 1.64. The Morgan fingerprint density at radius 2 is 2.16 bits per heavy atom. The fourth-order valence-corrected chi connectivity index (χ4v) is 1.96. The minimum absolute atomic E-state index is 0.367. The Morgan fingerprint density at radius 1 is 1.37 bits per heavy atom. The van der Waals surface area contributed by atoms with Gasteiger partial charge in [-0.3, -0.25) is 9.67 Å². The molecule has 0 fully saturated rings. The zero-order valence-corrected chi connectivity index (χ0v) is 11.2. The standard InChI is InChI=1S/C13H18FN5/c1-3-6-19-12(17-9-18-19)7-13(2,15)11-5-4-10(14)8-16-11/h4-5,8-9H,3,6-7,15H2,1-2H3. The SMILES string of the molecule is CCCn1ncnc1CC(C)(N)c1ccc(F)cn1. The number of halogens is 1. The molecule has 5 nitrogen and oxygen atoms in total. The Morgan fingerprint density at radius 3 is 2.79 bits per heavy atom. The van der Waals surface area contributed by atoms with Crippen molar-refractivity contribution in [2.24, 2.45) is 5.73 Å². The average molecular weight is 263 g/mol. The van der Waals surface area contributed by atoms with Crippen LogP contribution in [0.4, 0.5) is 4.39 Å². The van der Waals surface area contributed by atoms with Crippen LogP contribution in [0, 0.1) is 5.82 Å². The molecule has 19 heavy (non-hydrogen) atoms. The summed E-state index contributed by atoms with van der Waals surface area (Å²) in [4.78, 5) is 8.28. The van der Waals surface area contributed by atoms with Gasteiger partial charge in [-0.15, -0.1) is 0 Å². The summed E-state index contributed by atoms with van der Waals surface area (Å²) >= 11 is 0. The van der Waals surface area contributed by atoms with Gasteiger partial charge in [0.2, 0.25) is 0 Å². The van der Waals surface area contributed by atoms with Crippen molar-refractivity contribution in [1.82, 2.24) is 19.7 Å². The maximum absolute atomic E-state index is 12.9. The molecule has 2 N–H and O–H groups in total. The normalized spacial score (nSPS) is 14.3. The molecule has 1 unspecified atom stereocenters. The number of nitrogens with zero attached hydrogens (tertiary/aromatic N) is 4. The van der Waals surface area contributed by atoms with Gasteiger partial charge in [-0.25, -0.2) is 9.37 Å². The van der Waals surface area contributed by atoms with Crippen molar-refractivity contribution in [2.45, 2.75) is 38.8 Å². The van der Waals surface area contributed by atoms with Gasteiger partial charge in [0, 0.05) is 13.0 Å². The van der Waals surface area contributed by atoms with Gasteiger partial charge >= 0.3 is 0 Å². The summed E-state index contributed by atoms with van der Waals surface area (Å²) < 4.78 is 14.7. The quantitative estimate of drug-likeness (QED) is 0.890. The van der Waals surface area contributed by atoms with Crippen LogP contribution < -0.4 is 5.73 Å². The van der Waals surface area contributed by atoms with Crippen LogP contribution in [0.1, 0.15) is 31.8 Å². The van der Waals surface area contributed by atoms with Crippen molar-refractivity contribution in [3.8, 4) is 0 Å². The highest BCUT2D eigenvalue weighted by Gasteiger charge is 2.25. The number of nitrogens with two attached hydrogens (primary N) is 1. The molecular formula is C13H18FN5. The third-order valence-corrected chi connectivity index (χ3v) is 2.97. The Hall–Kier alpha value is -1.82. The van der Waals surface area contributed by atoms with Gasteiger partial charge in [0.15, 0.2) is 0 Å². The van der Waals surface area contributed by atoms with Crippen molar-refractivity contribution >= 4 is 0 Å². The van der Waals surface area contributed by atoms with Crippen molar-refractivity contribution in [3.05, 3.63) is 42.0 Å². The number of aromatic nitrogens is 4. The van der Waals surface area contributed by atoms with Crippen LogP contribution in [0.15, 0.2) is 24.7 Å². The smallest absolute Gasteiger partial charge is 0.141 e. The van der Waals surface area contributed by atoms with E-state index in [-0.39, 0.29) is 5.82 Å². The van der Waals surface area contributed by atoms with E-state index in [0.717, 1.165) is 18.8 Å². The van der Waals surface area contributed by atoms with Gasteiger partial charge in [-0.05, 0) is 25.5 Å². The lowest BCUT2D eigenvalue weighted by molar-refractivity contribution is 0.438. The van der Waals surface area contributed by atoms with E-state index >= 15 is 0 Å². The van der Waals surface area contributed by atoms with Crippen molar-refractivity contribution in [1.29, 1.82) is 0 Å². The number of pyridine rings is 1. The first-order valence-electron chi connectivity index (χ1n) is 6.30. The van der Waals surface area contributed by atoms with Crippen molar-refractivity contribution in [3.63, 3.8) is 0 Å². The second-order valence-corrected chi connectivity index (χ2v) is 4.86. The maximum atomic E-state index is 12.9. The zero-order chi connectivity index (χ0) is 13.9. The molecule has 0 aliphatic heterocycles. The largest absolute Gasteiger partial charge is 0.320 e. The van der Waals surface area contributed by atoms with Gasteiger partial charge in [0.05, 0.1) is 17.4 Å². The van der Waals surface area contributed by atoms with E-state index in [1.165, 1.54) is 18.6 Å². The summed E-state index contributed by atoms with van der Waals surface area (Å²) in [5, 5.41) is 4.17. The number of rotatable bonds is 5. The van der Waals surface area contributed by atoms with Gasteiger partial charge in [0.1, 0.15) is 18.0 Å². The predicted molar refractivity (Wildman–Crippen MR) is 69.8 cm³/mol. The first kappa shape index (κ1) is 13.6. The molecule has 2 aromatic heterocycles. The van der Waals surface area contributed by atoms with Crippen LogP contribution >= 0.6 is 0 Å². The van der Waals surface area contributed by atoms with E-state index in [2.05, 4.69) is 22.0 Å². The van der Waals surface area contributed by atoms with Crippen LogP contribution in [-0.2, 0) is 18.5 Å². The van der Waals surface area contributed by atoms with Crippen LogP contribution in [0.25, 0.3) is 0 Å². The van der Waals surface area contributed by atoms with Crippen LogP contribution in [0.5, 0.6) is 0 Å². The lowest BCUT2D eigenvalue weighted by Gasteiger charge is -2.23. The maximum Gasteiger partial charge on any atom is 0.141 e. The topological polar surface area (TPSA) is 69.6 Å². The Bertz CT molecular complexity index is 532. The molecule has 2 aromatic rings. The molecule has 0 radical (unpaired) electrons.